The smallest absolute Gasteiger partial charge is 0.308 e. The fourth-order valence-electron chi connectivity index (χ4n) is 5.16. The molecule has 1 unspecified atom stereocenters. The van der Waals surface area contributed by atoms with Gasteiger partial charge in [-0.3, -0.25) is 0 Å². The summed E-state index contributed by atoms with van der Waals surface area (Å²) in [6.45, 7) is 4.51. The molecule has 6 nitrogen and oxygen atoms in total. The molecule has 7 heteroatoms. The van der Waals surface area contributed by atoms with Gasteiger partial charge >= 0.3 is 6.03 Å². The maximum absolute atomic E-state index is 14.0. The van der Waals surface area contributed by atoms with Crippen molar-refractivity contribution in [3.8, 4) is 11.5 Å². The van der Waals surface area contributed by atoms with Gasteiger partial charge in [0, 0.05) is 22.5 Å². The number of nitrogens with zero attached hydrogens (tertiary/aromatic N) is 4. The normalized spacial score (nSPS) is 14.5. The Kier molecular flexibility index (Phi) is 6.26. The summed E-state index contributed by atoms with van der Waals surface area (Å²) in [5.74, 6) is 0.940. The minimum atomic E-state index is -0.340. The lowest BCUT2D eigenvalue weighted by atomic mass is 10.0. The zero-order chi connectivity index (χ0) is 26.2. The van der Waals surface area contributed by atoms with E-state index in [1.165, 1.54) is 5.56 Å². The second-order valence-electron chi connectivity index (χ2n) is 9.50. The molecule has 1 atom stereocenters. The molecule has 1 N–H and O–H groups in total. The number of para-hydroxylation sites is 1. The summed E-state index contributed by atoms with van der Waals surface area (Å²) in [5.41, 5.74) is 6.78. The first kappa shape index (κ1) is 24.1. The number of halogens is 1. The number of urea groups is 1. The van der Waals surface area contributed by atoms with Crippen molar-refractivity contribution < 1.29 is 4.79 Å². The second-order valence-corrected chi connectivity index (χ2v) is 9.94. The summed E-state index contributed by atoms with van der Waals surface area (Å²) in [7, 11) is 0. The molecule has 1 aliphatic heterocycles. The van der Waals surface area contributed by atoms with Crippen LogP contribution in [0.15, 0.2) is 97.2 Å². The van der Waals surface area contributed by atoms with Gasteiger partial charge in [0.1, 0.15) is 5.82 Å². The zero-order valence-corrected chi connectivity index (χ0v) is 22.1. The molecule has 38 heavy (non-hydrogen) atoms. The number of benzene rings is 3. The van der Waals surface area contributed by atoms with E-state index < -0.39 is 0 Å². The molecule has 2 aromatic heterocycles. The molecule has 2 amide bonds. The lowest BCUT2D eigenvalue weighted by Gasteiger charge is -2.31. The third-order valence-electron chi connectivity index (χ3n) is 7.15. The van der Waals surface area contributed by atoms with E-state index in [-0.39, 0.29) is 12.1 Å². The maximum atomic E-state index is 14.0. The first-order valence-corrected chi connectivity index (χ1v) is 13.1. The number of rotatable bonds is 4. The summed E-state index contributed by atoms with van der Waals surface area (Å²) in [6.07, 6.45) is 2.99. The minimum absolute atomic E-state index is 0.179. The van der Waals surface area contributed by atoms with Crippen LogP contribution >= 0.6 is 11.6 Å². The maximum Gasteiger partial charge on any atom is 0.322 e. The van der Waals surface area contributed by atoms with Crippen LogP contribution in [0.25, 0.3) is 11.5 Å². The van der Waals surface area contributed by atoms with Crippen LogP contribution in [0.2, 0.25) is 5.02 Å². The van der Waals surface area contributed by atoms with Crippen molar-refractivity contribution in [1.82, 2.24) is 19.2 Å². The predicted molar refractivity (Wildman–Crippen MR) is 151 cm³/mol. The Morgan fingerprint density at radius 1 is 0.974 bits per heavy atom. The number of carbonyl (C=O) groups is 1. The Morgan fingerprint density at radius 2 is 1.71 bits per heavy atom. The lowest BCUT2D eigenvalue weighted by Crippen LogP contribution is -2.38. The molecule has 3 aromatic carbocycles. The summed E-state index contributed by atoms with van der Waals surface area (Å²) in [4.78, 5) is 15.9. The van der Waals surface area contributed by atoms with Gasteiger partial charge in [-0.25, -0.2) is 9.48 Å². The number of nitrogens with one attached hydrogen (secondary N) is 1. The second kappa shape index (κ2) is 9.88. The fraction of sp³-hybridized carbons (Fsp3) is 0.161. The van der Waals surface area contributed by atoms with E-state index in [9.17, 15) is 4.79 Å². The summed E-state index contributed by atoms with van der Waals surface area (Å²) >= 11 is 6.25. The molecule has 0 radical (unpaired) electrons. The number of hydrogen-bond donors (Lipinski definition) is 1. The van der Waals surface area contributed by atoms with Crippen molar-refractivity contribution in [3.05, 3.63) is 130 Å². The van der Waals surface area contributed by atoms with Gasteiger partial charge in [-0.05, 0) is 73.0 Å². The molecule has 0 aliphatic carbocycles. The number of aromatic nitrogens is 3. The molecule has 0 saturated carbocycles. The fourth-order valence-corrected chi connectivity index (χ4v) is 5.29. The molecule has 0 bridgehead atoms. The summed E-state index contributed by atoms with van der Waals surface area (Å²) < 4.78 is 4.13. The third kappa shape index (κ3) is 4.27. The van der Waals surface area contributed by atoms with Crippen molar-refractivity contribution in [2.24, 2.45) is 0 Å². The lowest BCUT2D eigenvalue weighted by molar-refractivity contribution is 0.194. The quantitative estimate of drug-likeness (QED) is 0.269. The highest BCUT2D eigenvalue weighted by molar-refractivity contribution is 6.30. The average molecular weight is 522 g/mol. The number of carbonyl (C=O) groups excluding carboxylic acids is 1. The molecule has 5 aromatic rings. The van der Waals surface area contributed by atoms with Crippen molar-refractivity contribution in [1.29, 1.82) is 0 Å². The van der Waals surface area contributed by atoms with Crippen LogP contribution in [-0.4, -0.2) is 25.3 Å². The highest BCUT2D eigenvalue weighted by atomic mass is 35.5. The number of fused-ring (bicyclic) bond motifs is 3. The van der Waals surface area contributed by atoms with Gasteiger partial charge in [0.25, 0.3) is 0 Å². The molecule has 6 rings (SSSR count). The van der Waals surface area contributed by atoms with E-state index in [0.29, 0.717) is 11.6 Å². The Balaban J connectivity index is 1.50. The number of aryl methyl sites for hydroxylation is 2. The minimum Gasteiger partial charge on any atom is -0.308 e. The molecule has 190 valence electrons. The standard InChI is InChI=1S/C31H28ClN5O/c1-3-22-11-17-25(18-12-22)33-31(38)36-20-27-21(2)34-37(26-8-5-4-6-9-26)30(27)35-19-7-10-28(35)29(36)23-13-15-24(32)16-14-23/h4-19,29H,3,20H2,1-2H3,(H,33,38). The van der Waals surface area contributed by atoms with Crippen molar-refractivity contribution in [3.63, 3.8) is 0 Å². The number of anilines is 1. The van der Waals surface area contributed by atoms with Gasteiger partial charge < -0.3 is 14.8 Å². The molecule has 3 heterocycles. The zero-order valence-electron chi connectivity index (χ0n) is 21.3. The predicted octanol–water partition coefficient (Wildman–Crippen LogP) is 7.32. The Morgan fingerprint density at radius 3 is 2.42 bits per heavy atom. The molecular formula is C31H28ClN5O. The van der Waals surface area contributed by atoms with Crippen molar-refractivity contribution in [2.45, 2.75) is 32.9 Å². The van der Waals surface area contributed by atoms with E-state index in [0.717, 1.165) is 46.1 Å². The van der Waals surface area contributed by atoms with Crippen LogP contribution in [0.4, 0.5) is 10.5 Å². The topological polar surface area (TPSA) is 55.1 Å². The van der Waals surface area contributed by atoms with E-state index in [1.807, 2.05) is 108 Å². The van der Waals surface area contributed by atoms with Crippen LogP contribution in [0.5, 0.6) is 0 Å². The SMILES string of the molecule is CCc1ccc(NC(=O)N2Cc3c(C)nn(-c4ccccc4)c3-n3cccc3C2c2ccc(Cl)cc2)cc1. The van der Waals surface area contributed by atoms with Crippen molar-refractivity contribution >= 4 is 23.3 Å². The highest BCUT2D eigenvalue weighted by Crippen LogP contribution is 2.39. The molecule has 0 spiro atoms. The van der Waals surface area contributed by atoms with Gasteiger partial charge in [0.05, 0.1) is 29.7 Å². The Labute approximate surface area is 227 Å². The molecular weight excluding hydrogens is 494 g/mol. The van der Waals surface area contributed by atoms with E-state index in [1.54, 1.807) is 0 Å². The van der Waals surface area contributed by atoms with E-state index in [2.05, 4.69) is 22.9 Å². The van der Waals surface area contributed by atoms with Crippen LogP contribution in [-0.2, 0) is 13.0 Å². The van der Waals surface area contributed by atoms with E-state index in [4.69, 9.17) is 16.7 Å². The van der Waals surface area contributed by atoms with Gasteiger partial charge in [0.15, 0.2) is 0 Å². The van der Waals surface area contributed by atoms with Crippen molar-refractivity contribution in [2.75, 3.05) is 5.32 Å². The number of hydrogen-bond acceptors (Lipinski definition) is 2. The van der Waals surface area contributed by atoms with Gasteiger partial charge in [-0.1, -0.05) is 61.0 Å². The monoisotopic (exact) mass is 521 g/mol. The number of amides is 2. The van der Waals surface area contributed by atoms with Crippen LogP contribution in [0.3, 0.4) is 0 Å². The van der Waals surface area contributed by atoms with Crippen LogP contribution in [0, 0.1) is 6.92 Å². The van der Waals surface area contributed by atoms with Gasteiger partial charge in [-0.2, -0.15) is 5.10 Å². The molecule has 0 fully saturated rings. The first-order valence-electron chi connectivity index (χ1n) is 12.8. The molecule has 0 saturated heterocycles. The Bertz CT molecular complexity index is 1590. The largest absolute Gasteiger partial charge is 0.322 e. The Hall–Kier alpha value is -4.29. The van der Waals surface area contributed by atoms with Crippen LogP contribution in [0.1, 0.15) is 41.0 Å². The van der Waals surface area contributed by atoms with Gasteiger partial charge in [0.2, 0.25) is 0 Å². The summed E-state index contributed by atoms with van der Waals surface area (Å²) in [6, 6.07) is 29.4. The first-order chi connectivity index (χ1) is 18.5. The highest BCUT2D eigenvalue weighted by Gasteiger charge is 2.36. The summed E-state index contributed by atoms with van der Waals surface area (Å²) in [5, 5.41) is 8.70. The molecule has 1 aliphatic rings. The van der Waals surface area contributed by atoms with Crippen LogP contribution < -0.4 is 5.32 Å². The average Bonchev–Trinajstić information content (AvgIpc) is 3.50. The van der Waals surface area contributed by atoms with Gasteiger partial charge in [-0.15, -0.1) is 0 Å². The third-order valence-corrected chi connectivity index (χ3v) is 7.40. The van der Waals surface area contributed by atoms with E-state index >= 15 is 0 Å².